The van der Waals surface area contributed by atoms with Gasteiger partial charge in [0.15, 0.2) is 6.29 Å². The second-order valence-corrected chi connectivity index (χ2v) is 7.85. The Morgan fingerprint density at radius 3 is 2.44 bits per heavy atom. The predicted molar refractivity (Wildman–Crippen MR) is 88.6 cm³/mol. The average Bonchev–Trinajstić information content (AvgIpc) is 2.80. The van der Waals surface area contributed by atoms with Crippen molar-refractivity contribution in [1.29, 1.82) is 0 Å². The number of hydrogen-bond acceptors (Lipinski definition) is 6. The normalized spacial score (nSPS) is 39.8. The Morgan fingerprint density at radius 2 is 1.76 bits per heavy atom. The van der Waals surface area contributed by atoms with Gasteiger partial charge in [-0.05, 0) is 5.56 Å². The average molecular weight is 350 g/mol. The molecule has 6 nitrogen and oxygen atoms in total. The Kier molecular flexibility index (Phi) is 4.38. The van der Waals surface area contributed by atoms with Crippen molar-refractivity contribution in [3.8, 4) is 0 Å². The molecule has 4 rings (SSSR count). The van der Waals surface area contributed by atoms with E-state index < -0.39 is 12.3 Å². The van der Waals surface area contributed by atoms with Gasteiger partial charge < -0.3 is 23.7 Å². The molecule has 0 spiro atoms. The second-order valence-electron chi connectivity index (χ2n) is 7.85. The van der Waals surface area contributed by atoms with Crippen molar-refractivity contribution < 1.29 is 28.4 Å². The monoisotopic (exact) mass is 350 g/mol. The predicted octanol–water partition coefficient (Wildman–Crippen LogP) is 2.46. The molecule has 0 radical (unpaired) electrons. The maximum atomic E-state index is 6.31. The number of benzene rings is 1. The summed E-state index contributed by atoms with van der Waals surface area (Å²) in [7, 11) is 1.65. The second kappa shape index (κ2) is 6.30. The molecule has 6 heteroatoms. The van der Waals surface area contributed by atoms with Gasteiger partial charge in [-0.1, -0.05) is 51.1 Å². The van der Waals surface area contributed by atoms with Crippen LogP contribution in [0.15, 0.2) is 30.3 Å². The quantitative estimate of drug-likeness (QED) is 0.813. The molecule has 0 aromatic heterocycles. The highest BCUT2D eigenvalue weighted by Crippen LogP contribution is 2.53. The van der Waals surface area contributed by atoms with Crippen molar-refractivity contribution >= 4 is 0 Å². The summed E-state index contributed by atoms with van der Waals surface area (Å²) in [6, 6.07) is 10.1. The summed E-state index contributed by atoms with van der Waals surface area (Å²) >= 11 is 0. The number of methoxy groups -OCH3 is 1. The molecule has 3 heterocycles. The van der Waals surface area contributed by atoms with Crippen LogP contribution in [0, 0.1) is 5.41 Å². The maximum Gasteiger partial charge on any atom is 0.291 e. The topological polar surface area (TPSA) is 55.4 Å². The first-order chi connectivity index (χ1) is 11.9. The van der Waals surface area contributed by atoms with Crippen molar-refractivity contribution in [2.24, 2.45) is 5.41 Å². The number of fused-ring (bicyclic) bond motifs is 2. The Morgan fingerprint density at radius 1 is 1.04 bits per heavy atom. The van der Waals surface area contributed by atoms with E-state index in [2.05, 4.69) is 0 Å². The first-order valence-corrected chi connectivity index (χ1v) is 8.77. The molecule has 0 aliphatic carbocycles. The SMILES string of the molecule is COC[C@H]1O[C@@H]2OC3(C(C)(C)C)O[C@@H]2[C@@H](OCc2ccccc2)[C@@H]1O3. The van der Waals surface area contributed by atoms with E-state index in [0.717, 1.165) is 5.56 Å². The van der Waals surface area contributed by atoms with E-state index in [4.69, 9.17) is 28.4 Å². The van der Waals surface area contributed by atoms with Crippen molar-refractivity contribution in [3.63, 3.8) is 0 Å². The molecular weight excluding hydrogens is 324 g/mol. The molecule has 1 unspecified atom stereocenters. The fourth-order valence-electron chi connectivity index (χ4n) is 3.62. The fourth-order valence-corrected chi connectivity index (χ4v) is 3.62. The highest BCUT2D eigenvalue weighted by molar-refractivity contribution is 5.14. The third-order valence-electron chi connectivity index (χ3n) is 4.98. The fraction of sp³-hybridized carbons (Fsp3) is 0.684. The smallest absolute Gasteiger partial charge is 0.291 e. The van der Waals surface area contributed by atoms with Gasteiger partial charge in [-0.2, -0.15) is 0 Å². The standard InChI is InChI=1S/C19H26O6/c1-18(2,3)19-23-14-13(11-20-4)22-17(25-19)16(24-19)15(14)21-10-12-8-6-5-7-9-12/h5-9,13-17H,10-11H2,1-4H3/t13-,14-,15+,16-,17-,19?/m1/s1. The molecule has 3 aliphatic heterocycles. The lowest BCUT2D eigenvalue weighted by Crippen LogP contribution is -2.64. The molecule has 3 saturated heterocycles. The van der Waals surface area contributed by atoms with E-state index in [-0.39, 0.29) is 29.8 Å². The molecule has 0 N–H and O–H groups in total. The van der Waals surface area contributed by atoms with E-state index in [1.54, 1.807) is 7.11 Å². The van der Waals surface area contributed by atoms with Gasteiger partial charge in [-0.25, -0.2) is 0 Å². The highest BCUT2D eigenvalue weighted by atomic mass is 17.0. The summed E-state index contributed by atoms with van der Waals surface area (Å²) in [5.41, 5.74) is 0.752. The van der Waals surface area contributed by atoms with Gasteiger partial charge in [0.1, 0.15) is 24.4 Å². The van der Waals surface area contributed by atoms with Crippen LogP contribution in [0.5, 0.6) is 0 Å². The molecule has 3 bridgehead atoms. The van der Waals surface area contributed by atoms with Crippen LogP contribution >= 0.6 is 0 Å². The molecule has 1 aromatic carbocycles. The third-order valence-corrected chi connectivity index (χ3v) is 4.98. The Hall–Kier alpha value is -1.02. The van der Waals surface area contributed by atoms with Crippen LogP contribution in [-0.4, -0.2) is 50.4 Å². The third kappa shape index (κ3) is 2.91. The summed E-state index contributed by atoms with van der Waals surface area (Å²) in [6.07, 6.45) is -1.65. The summed E-state index contributed by atoms with van der Waals surface area (Å²) in [4.78, 5) is 0. The van der Waals surface area contributed by atoms with Gasteiger partial charge in [-0.15, -0.1) is 0 Å². The molecular formula is C19H26O6. The highest BCUT2D eigenvalue weighted by Gasteiger charge is 2.69. The lowest BCUT2D eigenvalue weighted by Gasteiger charge is -2.48. The van der Waals surface area contributed by atoms with Gasteiger partial charge in [0.2, 0.25) is 0 Å². The minimum atomic E-state index is -1.11. The van der Waals surface area contributed by atoms with Crippen LogP contribution in [0.2, 0.25) is 0 Å². The van der Waals surface area contributed by atoms with Gasteiger partial charge in [-0.3, -0.25) is 4.74 Å². The summed E-state index contributed by atoms with van der Waals surface area (Å²) < 4.78 is 36.1. The summed E-state index contributed by atoms with van der Waals surface area (Å²) in [5.74, 6) is -1.11. The number of hydrogen-bond donors (Lipinski definition) is 0. The first-order valence-electron chi connectivity index (χ1n) is 8.77. The molecule has 1 aromatic rings. The molecule has 6 atom stereocenters. The van der Waals surface area contributed by atoms with Crippen LogP contribution in [-0.2, 0) is 35.0 Å². The Labute approximate surface area is 148 Å². The largest absolute Gasteiger partial charge is 0.382 e. The Bertz CT molecular complexity index is 600. The molecule has 3 aliphatic rings. The van der Waals surface area contributed by atoms with E-state index in [0.29, 0.717) is 13.2 Å². The zero-order valence-electron chi connectivity index (χ0n) is 15.1. The minimum Gasteiger partial charge on any atom is -0.382 e. The molecule has 0 amide bonds. The van der Waals surface area contributed by atoms with E-state index >= 15 is 0 Å². The van der Waals surface area contributed by atoms with Gasteiger partial charge >= 0.3 is 0 Å². The van der Waals surface area contributed by atoms with Crippen LogP contribution < -0.4 is 0 Å². The van der Waals surface area contributed by atoms with E-state index in [9.17, 15) is 0 Å². The Balaban J connectivity index is 1.57. The first kappa shape index (κ1) is 17.4. The van der Waals surface area contributed by atoms with Gasteiger partial charge in [0, 0.05) is 12.5 Å². The summed E-state index contributed by atoms with van der Waals surface area (Å²) in [6.45, 7) is 7.00. The molecule has 138 valence electrons. The van der Waals surface area contributed by atoms with Crippen LogP contribution in [0.3, 0.4) is 0 Å². The minimum absolute atomic E-state index is 0.250. The van der Waals surface area contributed by atoms with Crippen molar-refractivity contribution in [2.75, 3.05) is 13.7 Å². The van der Waals surface area contributed by atoms with Gasteiger partial charge in [0.05, 0.1) is 13.2 Å². The van der Waals surface area contributed by atoms with Crippen molar-refractivity contribution in [1.82, 2.24) is 0 Å². The van der Waals surface area contributed by atoms with E-state index in [1.807, 2.05) is 51.1 Å². The van der Waals surface area contributed by atoms with Crippen molar-refractivity contribution in [2.45, 2.75) is 64.1 Å². The molecule has 0 saturated carbocycles. The zero-order chi connectivity index (χ0) is 17.7. The molecule has 3 fully saturated rings. The number of rotatable bonds is 5. The van der Waals surface area contributed by atoms with E-state index in [1.165, 1.54) is 0 Å². The summed E-state index contributed by atoms with van der Waals surface area (Å²) in [5, 5.41) is 0. The lowest BCUT2D eigenvalue weighted by atomic mass is 9.91. The molecule has 25 heavy (non-hydrogen) atoms. The lowest BCUT2D eigenvalue weighted by molar-refractivity contribution is -0.430. The van der Waals surface area contributed by atoms with Crippen LogP contribution in [0.4, 0.5) is 0 Å². The maximum absolute atomic E-state index is 6.31. The number of ether oxygens (including phenoxy) is 6. The van der Waals surface area contributed by atoms with Gasteiger partial charge in [0.25, 0.3) is 5.97 Å². The van der Waals surface area contributed by atoms with Crippen molar-refractivity contribution in [3.05, 3.63) is 35.9 Å². The van der Waals surface area contributed by atoms with Crippen LogP contribution in [0.1, 0.15) is 26.3 Å². The zero-order valence-corrected chi connectivity index (χ0v) is 15.1. The van der Waals surface area contributed by atoms with Crippen LogP contribution in [0.25, 0.3) is 0 Å².